The second-order valence-corrected chi connectivity index (χ2v) is 9.39. The number of hydrogen-bond acceptors (Lipinski definition) is 4. The number of carbonyl (C=O) groups excluding carboxylic acids is 1. The summed E-state index contributed by atoms with van der Waals surface area (Å²) in [6.45, 7) is 5.87. The molecule has 0 aromatic heterocycles. The summed E-state index contributed by atoms with van der Waals surface area (Å²) in [4.78, 5) is 11.8. The zero-order chi connectivity index (χ0) is 22.4. The van der Waals surface area contributed by atoms with Gasteiger partial charge in [0, 0.05) is 0 Å². The first-order chi connectivity index (χ1) is 14.9. The third-order valence-electron chi connectivity index (χ3n) is 5.18. The van der Waals surface area contributed by atoms with Gasteiger partial charge in [-0.3, -0.25) is 13.8 Å². The molecule has 2 N–H and O–H groups in total. The Labute approximate surface area is 184 Å². The van der Waals surface area contributed by atoms with Crippen molar-refractivity contribution in [2.45, 2.75) is 33.3 Å². The molecule has 168 valence electrons. The van der Waals surface area contributed by atoms with E-state index in [1.165, 1.54) is 10.4 Å². The predicted octanol–water partition coefficient (Wildman–Crippen LogP) is 3.07. The van der Waals surface area contributed by atoms with E-state index >= 15 is 4.39 Å². The van der Waals surface area contributed by atoms with Gasteiger partial charge in [-0.2, -0.15) is 0 Å². The van der Waals surface area contributed by atoms with Crippen molar-refractivity contribution in [1.82, 2.24) is 10.0 Å². The second kappa shape index (κ2) is 10.2. The van der Waals surface area contributed by atoms with Crippen LogP contribution >= 0.6 is 0 Å². The summed E-state index contributed by atoms with van der Waals surface area (Å²) in [5, 5.41) is 3.31. The van der Waals surface area contributed by atoms with Crippen LogP contribution in [0.25, 0.3) is 0 Å². The third-order valence-corrected chi connectivity index (χ3v) is 6.75. The van der Waals surface area contributed by atoms with Crippen LogP contribution in [0, 0.1) is 11.7 Å². The molecule has 1 amide bonds. The van der Waals surface area contributed by atoms with E-state index in [2.05, 4.69) is 15.9 Å². The van der Waals surface area contributed by atoms with E-state index in [9.17, 15) is 9.00 Å². The largest absolute Gasteiger partial charge is 0.487 e. The van der Waals surface area contributed by atoms with Gasteiger partial charge in [0.15, 0.2) is 5.82 Å². The van der Waals surface area contributed by atoms with E-state index < -0.39 is 21.6 Å². The monoisotopic (exact) mass is 447 g/mol. The molecule has 2 saturated heterocycles. The summed E-state index contributed by atoms with van der Waals surface area (Å²) in [5.41, 5.74) is 1.75. The number of hydrogen-bond donors (Lipinski definition) is 2. The van der Waals surface area contributed by atoms with Crippen LogP contribution in [0.5, 0.6) is 5.75 Å². The fourth-order valence-corrected chi connectivity index (χ4v) is 5.11. The molecular weight excluding hydrogens is 417 g/mol. The van der Waals surface area contributed by atoms with E-state index in [4.69, 9.17) is 4.74 Å². The summed E-state index contributed by atoms with van der Waals surface area (Å²) in [5.74, 6) is 3.26. The molecule has 2 aromatic carbocycles. The summed E-state index contributed by atoms with van der Waals surface area (Å²) in [6, 6.07) is 12.8. The van der Waals surface area contributed by atoms with Crippen molar-refractivity contribution in [2.75, 3.05) is 23.9 Å². The molecule has 2 heterocycles. The van der Waals surface area contributed by atoms with Gasteiger partial charge in [0.2, 0.25) is 0 Å². The van der Waals surface area contributed by atoms with E-state index in [1.807, 2.05) is 44.2 Å². The molecular formula is C23H30FN3O3S. The van der Waals surface area contributed by atoms with Crippen molar-refractivity contribution in [3.05, 3.63) is 59.4 Å². The van der Waals surface area contributed by atoms with Crippen molar-refractivity contribution >= 4 is 27.4 Å². The Hall–Kier alpha value is -2.58. The standard InChI is InChI=1S/C21H24FN3O3S.C2H6/c1-29(27)24-20(26)13-25(29)21-18(22)10-17(9-16-7-8-23-12-16)11-19(21)28-14-15-5-3-2-4-6-15;1-2/h2-6,10-11,16,23H,1,7-9,12-14H2,(H,24,26,27);1-2H3. The van der Waals surface area contributed by atoms with Crippen LogP contribution in [0.1, 0.15) is 31.4 Å². The lowest BCUT2D eigenvalue weighted by Gasteiger charge is -2.23. The van der Waals surface area contributed by atoms with E-state index in [-0.39, 0.29) is 24.6 Å². The molecule has 0 aliphatic carbocycles. The molecule has 2 unspecified atom stereocenters. The maximum atomic E-state index is 15.2. The van der Waals surface area contributed by atoms with E-state index in [1.54, 1.807) is 6.07 Å². The van der Waals surface area contributed by atoms with Crippen LogP contribution in [-0.4, -0.2) is 35.6 Å². The van der Waals surface area contributed by atoms with Gasteiger partial charge in [-0.15, -0.1) is 0 Å². The number of ether oxygens (including phenoxy) is 1. The van der Waals surface area contributed by atoms with Gasteiger partial charge in [0.05, 0.1) is 0 Å². The fraction of sp³-hybridized carbons (Fsp3) is 0.391. The Morgan fingerprint density at radius 1 is 1.23 bits per heavy atom. The Bertz CT molecular complexity index is 1010. The van der Waals surface area contributed by atoms with Crippen molar-refractivity contribution in [3.8, 4) is 5.75 Å². The highest BCUT2D eigenvalue weighted by molar-refractivity contribution is 8.00. The number of halogens is 1. The topological polar surface area (TPSA) is 70.7 Å². The summed E-state index contributed by atoms with van der Waals surface area (Å²) in [7, 11) is -3.15. The SMILES string of the molecule is C=S1(=O)NC(=O)CN1c1c(F)cc(CC2CCNC2)cc1OCc1ccccc1.CC. The molecule has 4 rings (SSSR count). The van der Waals surface area contributed by atoms with Crippen LogP contribution < -0.4 is 19.1 Å². The molecule has 2 aliphatic rings. The summed E-state index contributed by atoms with van der Waals surface area (Å²) in [6.07, 6.45) is 1.77. The molecule has 2 fully saturated rings. The lowest BCUT2D eigenvalue weighted by Crippen LogP contribution is -2.30. The minimum absolute atomic E-state index is 0.00702. The first kappa shape index (κ1) is 23.1. The number of carbonyl (C=O) groups is 1. The van der Waals surface area contributed by atoms with Crippen molar-refractivity contribution < 1.29 is 18.1 Å². The van der Waals surface area contributed by atoms with Crippen LogP contribution in [0.15, 0.2) is 42.5 Å². The van der Waals surface area contributed by atoms with Gasteiger partial charge in [-0.1, -0.05) is 44.2 Å². The number of rotatable bonds is 6. The Balaban J connectivity index is 0.00000132. The number of benzene rings is 2. The quantitative estimate of drug-likeness (QED) is 0.668. The zero-order valence-electron chi connectivity index (χ0n) is 18.0. The van der Waals surface area contributed by atoms with E-state index in [0.29, 0.717) is 5.92 Å². The highest BCUT2D eigenvalue weighted by Gasteiger charge is 2.33. The van der Waals surface area contributed by atoms with Gasteiger partial charge in [0.1, 0.15) is 34.5 Å². The highest BCUT2D eigenvalue weighted by atomic mass is 32.2. The predicted molar refractivity (Wildman–Crippen MR) is 124 cm³/mol. The van der Waals surface area contributed by atoms with E-state index in [0.717, 1.165) is 37.1 Å². The van der Waals surface area contributed by atoms with Crippen LogP contribution in [0.4, 0.5) is 10.1 Å². The van der Waals surface area contributed by atoms with Crippen molar-refractivity contribution in [1.29, 1.82) is 0 Å². The second-order valence-electron chi connectivity index (χ2n) is 7.46. The smallest absolute Gasteiger partial charge is 0.253 e. The maximum Gasteiger partial charge on any atom is 0.253 e. The zero-order valence-corrected chi connectivity index (χ0v) is 18.8. The average molecular weight is 448 g/mol. The lowest BCUT2D eigenvalue weighted by atomic mass is 9.98. The first-order valence-corrected chi connectivity index (χ1v) is 12.3. The minimum Gasteiger partial charge on any atom is -0.487 e. The van der Waals surface area contributed by atoms with Crippen molar-refractivity contribution in [3.63, 3.8) is 0 Å². The molecule has 0 spiro atoms. The number of anilines is 1. The van der Waals surface area contributed by atoms with Gasteiger partial charge in [-0.25, -0.2) is 8.60 Å². The van der Waals surface area contributed by atoms with Gasteiger partial charge >= 0.3 is 0 Å². The normalized spacial score (nSPS) is 22.6. The highest BCUT2D eigenvalue weighted by Crippen LogP contribution is 2.37. The Morgan fingerprint density at radius 3 is 2.58 bits per heavy atom. The molecule has 0 radical (unpaired) electrons. The fourth-order valence-electron chi connectivity index (χ4n) is 3.78. The van der Waals surface area contributed by atoms with Crippen molar-refractivity contribution in [2.24, 2.45) is 5.92 Å². The molecule has 2 aliphatic heterocycles. The average Bonchev–Trinajstić information content (AvgIpc) is 3.35. The summed E-state index contributed by atoms with van der Waals surface area (Å²) >= 11 is 0. The minimum atomic E-state index is -3.15. The third kappa shape index (κ3) is 5.57. The molecule has 0 saturated carbocycles. The van der Waals surface area contributed by atoms with Crippen LogP contribution in [0.3, 0.4) is 0 Å². The summed E-state index contributed by atoms with van der Waals surface area (Å²) < 4.78 is 37.4. The van der Waals surface area contributed by atoms with Crippen LogP contribution in [0.2, 0.25) is 0 Å². The molecule has 31 heavy (non-hydrogen) atoms. The van der Waals surface area contributed by atoms with Crippen LogP contribution in [-0.2, 0) is 27.7 Å². The number of nitrogens with one attached hydrogen (secondary N) is 2. The number of nitrogens with zero attached hydrogens (tertiary/aromatic N) is 1. The molecule has 0 bridgehead atoms. The first-order valence-electron chi connectivity index (χ1n) is 10.6. The molecule has 2 atom stereocenters. The van der Waals surface area contributed by atoms with Gasteiger partial charge < -0.3 is 10.1 Å². The lowest BCUT2D eigenvalue weighted by molar-refractivity contribution is -0.117. The Morgan fingerprint density at radius 2 is 1.97 bits per heavy atom. The molecule has 2 aromatic rings. The number of amides is 1. The maximum absolute atomic E-state index is 15.2. The molecule has 8 heteroatoms. The molecule has 6 nitrogen and oxygen atoms in total. The van der Waals surface area contributed by atoms with Gasteiger partial charge in [-0.05, 0) is 61.0 Å². The Kier molecular flexibility index (Phi) is 7.56. The van der Waals surface area contributed by atoms with Gasteiger partial charge in [0.25, 0.3) is 5.91 Å².